The number of sulfonamides is 1. The second-order valence-electron chi connectivity index (χ2n) is 8.12. The highest BCUT2D eigenvalue weighted by molar-refractivity contribution is 7.89. The van der Waals surface area contributed by atoms with Crippen molar-refractivity contribution in [3.8, 4) is 0 Å². The average Bonchev–Trinajstić information content (AvgIpc) is 3.25. The number of hydrogen-bond acceptors (Lipinski definition) is 5. The lowest BCUT2D eigenvalue weighted by molar-refractivity contribution is -0.148. The SMILES string of the molecule is O=C(COC(=O)C1CCN(S(=O)(=O)c2ccc3c(c2)CCC3)CC1)c1ccc(Cl)cc1Cl. The molecule has 0 bridgehead atoms. The quantitative estimate of drug-likeness (QED) is 0.440. The lowest BCUT2D eigenvalue weighted by atomic mass is 9.98. The molecule has 0 atom stereocenters. The number of carbonyl (C=O) groups excluding carboxylic acids is 2. The Hall–Kier alpha value is -1.93. The van der Waals surface area contributed by atoms with Crippen molar-refractivity contribution in [1.29, 1.82) is 0 Å². The third kappa shape index (κ3) is 4.86. The lowest BCUT2D eigenvalue weighted by Gasteiger charge is -2.30. The third-order valence-electron chi connectivity index (χ3n) is 6.07. The fourth-order valence-electron chi connectivity index (χ4n) is 4.24. The second kappa shape index (κ2) is 9.51. The van der Waals surface area contributed by atoms with E-state index in [1.807, 2.05) is 6.07 Å². The molecule has 0 saturated carbocycles. The number of carbonyl (C=O) groups is 2. The van der Waals surface area contributed by atoms with Crippen molar-refractivity contribution >= 4 is 45.0 Å². The van der Waals surface area contributed by atoms with Gasteiger partial charge in [0.25, 0.3) is 0 Å². The molecule has 0 unspecified atom stereocenters. The molecule has 0 radical (unpaired) electrons. The Labute approximate surface area is 197 Å². The number of hydrogen-bond donors (Lipinski definition) is 0. The number of piperidine rings is 1. The van der Waals surface area contributed by atoms with Gasteiger partial charge in [-0.3, -0.25) is 9.59 Å². The summed E-state index contributed by atoms with van der Waals surface area (Å²) in [6.45, 7) is 0.0418. The summed E-state index contributed by atoms with van der Waals surface area (Å²) >= 11 is 11.9. The predicted octanol–water partition coefficient (Wildman–Crippen LogP) is 4.31. The van der Waals surface area contributed by atoms with Crippen LogP contribution in [0.1, 0.15) is 40.7 Å². The molecule has 170 valence electrons. The van der Waals surface area contributed by atoms with Gasteiger partial charge in [0, 0.05) is 23.7 Å². The van der Waals surface area contributed by atoms with Crippen molar-refractivity contribution in [2.45, 2.75) is 37.0 Å². The van der Waals surface area contributed by atoms with Crippen LogP contribution in [0.3, 0.4) is 0 Å². The molecule has 32 heavy (non-hydrogen) atoms. The molecule has 0 spiro atoms. The van der Waals surface area contributed by atoms with Gasteiger partial charge in [-0.1, -0.05) is 29.3 Å². The zero-order chi connectivity index (χ0) is 22.9. The molecule has 0 amide bonds. The highest BCUT2D eigenvalue weighted by Crippen LogP contribution is 2.29. The van der Waals surface area contributed by atoms with E-state index < -0.39 is 34.3 Å². The van der Waals surface area contributed by atoms with E-state index in [4.69, 9.17) is 27.9 Å². The monoisotopic (exact) mass is 495 g/mol. The molecule has 1 saturated heterocycles. The van der Waals surface area contributed by atoms with Crippen molar-refractivity contribution in [3.05, 3.63) is 63.1 Å². The molecule has 1 aliphatic carbocycles. The summed E-state index contributed by atoms with van der Waals surface area (Å²) in [7, 11) is -3.60. The van der Waals surface area contributed by atoms with E-state index in [0.29, 0.717) is 22.8 Å². The van der Waals surface area contributed by atoms with E-state index >= 15 is 0 Å². The van der Waals surface area contributed by atoms with Crippen LogP contribution in [0.15, 0.2) is 41.3 Å². The molecule has 1 heterocycles. The van der Waals surface area contributed by atoms with E-state index in [2.05, 4.69) is 0 Å². The average molecular weight is 496 g/mol. The second-order valence-corrected chi connectivity index (χ2v) is 10.9. The number of rotatable bonds is 6. The summed E-state index contributed by atoms with van der Waals surface area (Å²) in [5, 5.41) is 0.605. The van der Waals surface area contributed by atoms with Crippen LogP contribution in [-0.4, -0.2) is 44.2 Å². The van der Waals surface area contributed by atoms with Crippen LogP contribution >= 0.6 is 23.2 Å². The third-order valence-corrected chi connectivity index (χ3v) is 8.51. The van der Waals surface area contributed by atoms with Gasteiger partial charge in [0.05, 0.1) is 15.8 Å². The Bertz CT molecular complexity index is 1160. The number of aryl methyl sites for hydroxylation is 2. The van der Waals surface area contributed by atoms with Crippen molar-refractivity contribution in [1.82, 2.24) is 4.31 Å². The van der Waals surface area contributed by atoms with Gasteiger partial charge < -0.3 is 4.74 Å². The molecular formula is C23H23Cl2NO5S. The number of benzene rings is 2. The summed E-state index contributed by atoms with van der Waals surface area (Å²) in [5.74, 6) is -1.37. The first-order chi connectivity index (χ1) is 15.3. The Balaban J connectivity index is 1.32. The van der Waals surface area contributed by atoms with E-state index in [9.17, 15) is 18.0 Å². The molecule has 9 heteroatoms. The first-order valence-corrected chi connectivity index (χ1v) is 12.7. The maximum absolute atomic E-state index is 13.0. The summed E-state index contributed by atoms with van der Waals surface area (Å²) in [6.07, 6.45) is 3.65. The number of fused-ring (bicyclic) bond motifs is 1. The molecule has 4 rings (SSSR count). The minimum atomic E-state index is -3.60. The standard InChI is InChI=1S/C23H23Cl2NO5S/c24-18-5-7-20(21(25)13-18)22(27)14-31-23(28)16-8-10-26(11-9-16)32(29,30)19-6-4-15-2-1-3-17(15)12-19/h4-7,12-13,16H,1-3,8-11,14H2. The Morgan fingerprint density at radius 1 is 1.00 bits per heavy atom. The van der Waals surface area contributed by atoms with Gasteiger partial charge in [-0.2, -0.15) is 4.31 Å². The zero-order valence-corrected chi connectivity index (χ0v) is 19.7. The minimum Gasteiger partial charge on any atom is -0.457 e. The normalized spacial score (nSPS) is 17.2. The van der Waals surface area contributed by atoms with E-state index in [1.54, 1.807) is 18.2 Å². The summed E-state index contributed by atoms with van der Waals surface area (Å²) in [5.41, 5.74) is 2.56. The van der Waals surface area contributed by atoms with Crippen LogP contribution < -0.4 is 0 Å². The van der Waals surface area contributed by atoms with Crippen LogP contribution in [-0.2, 0) is 32.4 Å². The summed E-state index contributed by atoms with van der Waals surface area (Å²) in [4.78, 5) is 25.0. The molecule has 0 aromatic heterocycles. The van der Waals surface area contributed by atoms with Gasteiger partial charge in [0.1, 0.15) is 0 Å². The molecule has 2 aromatic rings. The van der Waals surface area contributed by atoms with Crippen molar-refractivity contribution < 1.29 is 22.7 Å². The van der Waals surface area contributed by atoms with Gasteiger partial charge in [0.2, 0.25) is 15.8 Å². The van der Waals surface area contributed by atoms with Gasteiger partial charge in [-0.15, -0.1) is 0 Å². The number of ketones is 1. The van der Waals surface area contributed by atoms with Crippen LogP contribution in [0.4, 0.5) is 0 Å². The highest BCUT2D eigenvalue weighted by atomic mass is 35.5. The van der Waals surface area contributed by atoms with Crippen LogP contribution in [0, 0.1) is 5.92 Å². The number of halogens is 2. The number of esters is 1. The van der Waals surface area contributed by atoms with E-state index in [-0.39, 0.29) is 23.7 Å². The Kier molecular flexibility index (Phi) is 6.91. The van der Waals surface area contributed by atoms with Crippen LogP contribution in [0.25, 0.3) is 0 Å². The molecule has 1 aliphatic heterocycles. The lowest BCUT2D eigenvalue weighted by Crippen LogP contribution is -2.40. The van der Waals surface area contributed by atoms with Gasteiger partial charge in [0.15, 0.2) is 6.61 Å². The number of Topliss-reactive ketones (excluding diaryl/α,β-unsaturated/α-hetero) is 1. The molecule has 2 aliphatic rings. The first kappa shape index (κ1) is 23.2. The topological polar surface area (TPSA) is 80.8 Å². The van der Waals surface area contributed by atoms with Crippen molar-refractivity contribution in [2.75, 3.05) is 19.7 Å². The summed E-state index contributed by atoms with van der Waals surface area (Å²) in [6, 6.07) is 9.85. The Morgan fingerprint density at radius 3 is 2.44 bits per heavy atom. The largest absolute Gasteiger partial charge is 0.457 e. The Morgan fingerprint density at radius 2 is 1.72 bits per heavy atom. The number of ether oxygens (including phenoxy) is 1. The predicted molar refractivity (Wildman–Crippen MR) is 122 cm³/mol. The highest BCUT2D eigenvalue weighted by Gasteiger charge is 2.33. The number of nitrogens with zero attached hydrogens (tertiary/aromatic N) is 1. The minimum absolute atomic E-state index is 0.198. The maximum Gasteiger partial charge on any atom is 0.309 e. The molecule has 0 N–H and O–H groups in total. The fourth-order valence-corrected chi connectivity index (χ4v) is 6.27. The van der Waals surface area contributed by atoms with Crippen molar-refractivity contribution in [3.63, 3.8) is 0 Å². The van der Waals surface area contributed by atoms with Crippen LogP contribution in [0.5, 0.6) is 0 Å². The smallest absolute Gasteiger partial charge is 0.309 e. The van der Waals surface area contributed by atoms with Gasteiger partial charge in [-0.05, 0) is 73.6 Å². The van der Waals surface area contributed by atoms with Crippen LogP contribution in [0.2, 0.25) is 10.0 Å². The molecule has 1 fully saturated rings. The van der Waals surface area contributed by atoms with E-state index in [0.717, 1.165) is 24.8 Å². The summed E-state index contributed by atoms with van der Waals surface area (Å²) < 4.78 is 32.7. The van der Waals surface area contributed by atoms with Gasteiger partial charge in [-0.25, -0.2) is 8.42 Å². The maximum atomic E-state index is 13.0. The fraction of sp³-hybridized carbons (Fsp3) is 0.391. The first-order valence-electron chi connectivity index (χ1n) is 10.5. The van der Waals surface area contributed by atoms with E-state index in [1.165, 1.54) is 22.0 Å². The molecular weight excluding hydrogens is 473 g/mol. The zero-order valence-electron chi connectivity index (χ0n) is 17.4. The van der Waals surface area contributed by atoms with Gasteiger partial charge >= 0.3 is 5.97 Å². The molecule has 2 aromatic carbocycles. The molecule has 6 nitrogen and oxygen atoms in total. The van der Waals surface area contributed by atoms with Crippen molar-refractivity contribution in [2.24, 2.45) is 5.92 Å².